The van der Waals surface area contributed by atoms with Gasteiger partial charge in [0.1, 0.15) is 13.2 Å². The minimum Gasteiger partial charge on any atom is -0.462 e. The maximum atomic E-state index is 12.8. The zero-order valence-electron chi connectivity index (χ0n) is 44.1. The van der Waals surface area contributed by atoms with E-state index < -0.39 is 6.10 Å². The summed E-state index contributed by atoms with van der Waals surface area (Å²) >= 11 is 0. The van der Waals surface area contributed by atoms with Crippen LogP contribution in [0.15, 0.2) is 109 Å². The zero-order valence-corrected chi connectivity index (χ0v) is 44.1. The van der Waals surface area contributed by atoms with Crippen molar-refractivity contribution in [1.29, 1.82) is 0 Å². The summed E-state index contributed by atoms with van der Waals surface area (Å²) in [6.45, 7) is 6.33. The lowest BCUT2D eigenvalue weighted by atomic mass is 10.1. The first kappa shape index (κ1) is 64.1. The van der Waals surface area contributed by atoms with Gasteiger partial charge in [-0.25, -0.2) is 0 Å². The standard InChI is InChI=1S/C62H102O6/c1-4-7-10-13-16-19-22-25-27-29-30-31-32-33-35-37-40-43-46-49-52-55-61(64)67-58-59(57-66-60(63)54-51-48-45-42-39-36-24-21-18-15-12-9-6-3)68-62(65)56-53-50-47-44-41-38-34-28-26-23-20-17-14-11-8-5-2/h7,9-10,12,16,18-19,21,25,27-28,30-31,34,36,39,45,48,59H,4-6,8,11,13-15,17,20,22-24,26,29,32-33,35,37-38,40-44,46-47,49-58H2,1-3H3/b10-7-,12-9-,19-16-,21-18-,27-25-,31-30-,34-28-,39-36-,48-45-. The Hall–Kier alpha value is -3.93. The Morgan fingerprint density at radius 2 is 0.603 bits per heavy atom. The summed E-state index contributed by atoms with van der Waals surface area (Å²) in [5.41, 5.74) is 0. The maximum absolute atomic E-state index is 12.8. The Morgan fingerprint density at radius 1 is 0.309 bits per heavy atom. The molecule has 68 heavy (non-hydrogen) atoms. The van der Waals surface area contributed by atoms with E-state index in [1.165, 1.54) is 89.9 Å². The quantitative estimate of drug-likeness (QED) is 0.0262. The topological polar surface area (TPSA) is 78.9 Å². The van der Waals surface area contributed by atoms with Crippen LogP contribution in [0.25, 0.3) is 0 Å². The zero-order chi connectivity index (χ0) is 49.3. The summed E-state index contributed by atoms with van der Waals surface area (Å²) in [4.78, 5) is 38.1. The smallest absolute Gasteiger partial charge is 0.306 e. The van der Waals surface area contributed by atoms with Gasteiger partial charge in [-0.15, -0.1) is 0 Å². The van der Waals surface area contributed by atoms with E-state index in [1.54, 1.807) is 0 Å². The molecule has 6 heteroatoms. The van der Waals surface area contributed by atoms with Gasteiger partial charge in [-0.3, -0.25) is 14.4 Å². The van der Waals surface area contributed by atoms with Crippen molar-refractivity contribution in [3.8, 4) is 0 Å². The Morgan fingerprint density at radius 3 is 1.00 bits per heavy atom. The molecule has 0 saturated heterocycles. The number of hydrogen-bond acceptors (Lipinski definition) is 6. The van der Waals surface area contributed by atoms with Gasteiger partial charge in [0.15, 0.2) is 6.10 Å². The number of allylic oxidation sites excluding steroid dienone is 18. The van der Waals surface area contributed by atoms with Crippen LogP contribution >= 0.6 is 0 Å². The van der Waals surface area contributed by atoms with E-state index in [-0.39, 0.29) is 37.5 Å². The lowest BCUT2D eigenvalue weighted by Crippen LogP contribution is -2.30. The molecule has 0 spiro atoms. The molecule has 0 radical (unpaired) electrons. The monoisotopic (exact) mass is 943 g/mol. The number of hydrogen-bond donors (Lipinski definition) is 0. The van der Waals surface area contributed by atoms with Gasteiger partial charge in [0.05, 0.1) is 0 Å². The van der Waals surface area contributed by atoms with Gasteiger partial charge in [0, 0.05) is 19.3 Å². The average molecular weight is 943 g/mol. The fraction of sp³-hybridized carbons (Fsp3) is 0.661. The third-order valence-electron chi connectivity index (χ3n) is 11.5. The second-order valence-corrected chi connectivity index (χ2v) is 18.1. The molecule has 1 unspecified atom stereocenters. The first-order chi connectivity index (χ1) is 33.5. The van der Waals surface area contributed by atoms with Crippen LogP contribution in [0.5, 0.6) is 0 Å². The van der Waals surface area contributed by atoms with E-state index in [0.29, 0.717) is 19.3 Å². The Kier molecular flexibility index (Phi) is 52.4. The molecule has 0 aromatic carbocycles. The van der Waals surface area contributed by atoms with Gasteiger partial charge in [-0.1, -0.05) is 226 Å². The fourth-order valence-corrected chi connectivity index (χ4v) is 7.38. The second kappa shape index (κ2) is 55.7. The highest BCUT2D eigenvalue weighted by atomic mass is 16.6. The van der Waals surface area contributed by atoms with Crippen molar-refractivity contribution in [2.24, 2.45) is 0 Å². The normalized spacial score (nSPS) is 12.9. The third kappa shape index (κ3) is 53.0. The molecule has 0 fully saturated rings. The molecule has 0 aromatic rings. The van der Waals surface area contributed by atoms with Gasteiger partial charge >= 0.3 is 17.9 Å². The van der Waals surface area contributed by atoms with Crippen LogP contribution in [-0.4, -0.2) is 37.2 Å². The van der Waals surface area contributed by atoms with E-state index in [1.807, 2.05) is 12.2 Å². The summed E-state index contributed by atoms with van der Waals surface area (Å²) < 4.78 is 16.8. The Balaban J connectivity index is 4.45. The van der Waals surface area contributed by atoms with Crippen molar-refractivity contribution in [3.05, 3.63) is 109 Å². The maximum Gasteiger partial charge on any atom is 0.306 e. The minimum atomic E-state index is -0.816. The summed E-state index contributed by atoms with van der Waals surface area (Å²) in [7, 11) is 0. The molecule has 0 heterocycles. The number of unbranched alkanes of at least 4 members (excludes halogenated alkanes) is 20. The molecular weight excluding hydrogens is 841 g/mol. The van der Waals surface area contributed by atoms with Gasteiger partial charge in [-0.2, -0.15) is 0 Å². The average Bonchev–Trinajstić information content (AvgIpc) is 3.34. The van der Waals surface area contributed by atoms with Crippen LogP contribution in [0.4, 0.5) is 0 Å². The molecule has 1 atom stereocenters. The molecule has 0 aliphatic heterocycles. The summed E-state index contributed by atoms with van der Waals surface area (Å²) in [6.07, 6.45) is 75.2. The molecular formula is C62H102O6. The van der Waals surface area contributed by atoms with Crippen LogP contribution in [0.1, 0.15) is 245 Å². The predicted molar refractivity (Wildman–Crippen MR) is 293 cm³/mol. The minimum absolute atomic E-state index is 0.109. The highest BCUT2D eigenvalue weighted by Gasteiger charge is 2.19. The molecule has 6 nitrogen and oxygen atoms in total. The molecule has 0 rings (SSSR count). The van der Waals surface area contributed by atoms with E-state index >= 15 is 0 Å². The number of carbonyl (C=O) groups is 3. The van der Waals surface area contributed by atoms with E-state index in [2.05, 4.69) is 118 Å². The van der Waals surface area contributed by atoms with Gasteiger partial charge in [0.2, 0.25) is 0 Å². The molecule has 0 aliphatic rings. The van der Waals surface area contributed by atoms with E-state index in [4.69, 9.17) is 14.2 Å². The van der Waals surface area contributed by atoms with Crippen molar-refractivity contribution in [2.75, 3.05) is 13.2 Å². The molecule has 386 valence electrons. The highest BCUT2D eigenvalue weighted by molar-refractivity contribution is 5.71. The van der Waals surface area contributed by atoms with Gasteiger partial charge in [-0.05, 0) is 109 Å². The number of ether oxygens (including phenoxy) is 3. The van der Waals surface area contributed by atoms with E-state index in [0.717, 1.165) is 109 Å². The van der Waals surface area contributed by atoms with Crippen LogP contribution in [0.2, 0.25) is 0 Å². The van der Waals surface area contributed by atoms with Gasteiger partial charge < -0.3 is 14.2 Å². The van der Waals surface area contributed by atoms with Crippen molar-refractivity contribution < 1.29 is 28.6 Å². The Bertz CT molecular complexity index is 1410. The lowest BCUT2D eigenvalue weighted by Gasteiger charge is -2.18. The van der Waals surface area contributed by atoms with Crippen molar-refractivity contribution in [2.45, 2.75) is 252 Å². The van der Waals surface area contributed by atoms with E-state index in [9.17, 15) is 14.4 Å². The summed E-state index contributed by atoms with van der Waals surface area (Å²) in [5, 5.41) is 0. The molecule has 0 aromatic heterocycles. The largest absolute Gasteiger partial charge is 0.462 e. The second-order valence-electron chi connectivity index (χ2n) is 18.1. The molecule has 0 saturated carbocycles. The molecule has 0 amide bonds. The summed E-state index contributed by atoms with van der Waals surface area (Å²) in [5.74, 6) is -1.01. The van der Waals surface area contributed by atoms with Crippen LogP contribution in [0, 0.1) is 0 Å². The predicted octanol–water partition coefficient (Wildman–Crippen LogP) is 18.7. The number of carbonyl (C=O) groups excluding carboxylic acids is 3. The van der Waals surface area contributed by atoms with Crippen molar-refractivity contribution in [1.82, 2.24) is 0 Å². The fourth-order valence-electron chi connectivity index (χ4n) is 7.38. The third-order valence-corrected chi connectivity index (χ3v) is 11.5. The first-order valence-corrected chi connectivity index (χ1v) is 27.9. The number of esters is 3. The van der Waals surface area contributed by atoms with Crippen LogP contribution < -0.4 is 0 Å². The summed E-state index contributed by atoms with van der Waals surface area (Å²) in [6, 6.07) is 0. The Labute approximate surface area is 419 Å². The van der Waals surface area contributed by atoms with Crippen LogP contribution in [0.3, 0.4) is 0 Å². The van der Waals surface area contributed by atoms with Crippen LogP contribution in [-0.2, 0) is 28.6 Å². The molecule has 0 bridgehead atoms. The molecule has 0 N–H and O–H groups in total. The van der Waals surface area contributed by atoms with Gasteiger partial charge in [0.25, 0.3) is 0 Å². The SMILES string of the molecule is CC/C=C\C/C=C\C/C=C\C/C=C\CCCCCCCCCCC(=O)OCC(COC(=O)CC/C=C\C/C=C\C/C=C\C/C=C\CC)OC(=O)CCCCCCC/C=C\CCCCCCCCC. The lowest BCUT2D eigenvalue weighted by molar-refractivity contribution is -0.166. The number of rotatable bonds is 49. The first-order valence-electron chi connectivity index (χ1n) is 27.9. The molecule has 0 aliphatic carbocycles. The van der Waals surface area contributed by atoms with Crippen molar-refractivity contribution in [3.63, 3.8) is 0 Å². The van der Waals surface area contributed by atoms with Crippen molar-refractivity contribution >= 4 is 17.9 Å². The highest BCUT2D eigenvalue weighted by Crippen LogP contribution is 2.14.